The lowest BCUT2D eigenvalue weighted by molar-refractivity contribution is -0.124. The van der Waals surface area contributed by atoms with Gasteiger partial charge in [0.15, 0.2) is 0 Å². The highest BCUT2D eigenvalue weighted by Crippen LogP contribution is 2.33. The van der Waals surface area contributed by atoms with Gasteiger partial charge in [-0.3, -0.25) is 4.79 Å². The molecule has 110 valence electrons. The molecule has 0 saturated heterocycles. The second kappa shape index (κ2) is 5.83. The predicted octanol–water partition coefficient (Wildman–Crippen LogP) is 2.08. The molecule has 2 rings (SSSR count). The van der Waals surface area contributed by atoms with Crippen molar-refractivity contribution in [3.63, 3.8) is 0 Å². The number of nitrogens with one attached hydrogen (secondary N) is 1. The summed E-state index contributed by atoms with van der Waals surface area (Å²) in [5, 5.41) is 13.1. The van der Waals surface area contributed by atoms with Crippen molar-refractivity contribution in [2.75, 3.05) is 13.2 Å². The molecule has 2 unspecified atom stereocenters. The Balaban J connectivity index is 1.94. The molecule has 0 aliphatic carbocycles. The summed E-state index contributed by atoms with van der Waals surface area (Å²) in [5.74, 6) is 0.805. The summed E-state index contributed by atoms with van der Waals surface area (Å²) in [5.41, 5.74) is 0.0523. The first-order chi connectivity index (χ1) is 9.39. The van der Waals surface area contributed by atoms with Gasteiger partial charge in [0.2, 0.25) is 5.91 Å². The van der Waals surface area contributed by atoms with Crippen molar-refractivity contribution >= 4 is 5.91 Å². The zero-order valence-corrected chi connectivity index (χ0v) is 12.3. The van der Waals surface area contributed by atoms with Crippen LogP contribution in [0.4, 0.5) is 0 Å². The lowest BCUT2D eigenvalue weighted by Crippen LogP contribution is -2.43. The van der Waals surface area contributed by atoms with Crippen molar-refractivity contribution in [2.24, 2.45) is 5.92 Å². The fourth-order valence-corrected chi connectivity index (χ4v) is 2.73. The highest BCUT2D eigenvalue weighted by Gasteiger charge is 2.31. The third-order valence-electron chi connectivity index (χ3n) is 3.51. The Morgan fingerprint density at radius 1 is 1.50 bits per heavy atom. The van der Waals surface area contributed by atoms with Crippen LogP contribution in [0.25, 0.3) is 0 Å². The van der Waals surface area contributed by atoms with Crippen molar-refractivity contribution < 1.29 is 14.6 Å². The highest BCUT2D eigenvalue weighted by atomic mass is 16.5. The topological polar surface area (TPSA) is 58.6 Å². The largest absolute Gasteiger partial charge is 0.492 e. The van der Waals surface area contributed by atoms with E-state index in [1.165, 1.54) is 0 Å². The maximum Gasteiger partial charge on any atom is 0.231 e. The van der Waals surface area contributed by atoms with Gasteiger partial charge in [0.25, 0.3) is 0 Å². The van der Waals surface area contributed by atoms with Crippen LogP contribution in [0.3, 0.4) is 0 Å². The summed E-state index contributed by atoms with van der Waals surface area (Å²) < 4.78 is 5.51. The molecule has 2 N–H and O–H groups in total. The highest BCUT2D eigenvalue weighted by molar-refractivity contribution is 5.85. The van der Waals surface area contributed by atoms with E-state index >= 15 is 0 Å². The first kappa shape index (κ1) is 14.9. The van der Waals surface area contributed by atoms with Crippen molar-refractivity contribution in [2.45, 2.75) is 38.7 Å². The number of aliphatic hydroxyl groups is 1. The standard InChI is InChI=1S/C16H23NO3/c1-11(2)8-16(3,19)10-17-15(18)13-9-20-14-7-5-4-6-12(13)14/h4-7,11,13,19H,8-10H2,1-3H3,(H,17,18). The molecule has 0 bridgehead atoms. The minimum atomic E-state index is -0.872. The van der Waals surface area contributed by atoms with Crippen LogP contribution in [0.5, 0.6) is 5.75 Å². The maximum absolute atomic E-state index is 12.2. The van der Waals surface area contributed by atoms with Gasteiger partial charge in [-0.15, -0.1) is 0 Å². The van der Waals surface area contributed by atoms with Gasteiger partial charge >= 0.3 is 0 Å². The molecule has 4 heteroatoms. The second-order valence-corrected chi connectivity index (χ2v) is 6.21. The summed E-state index contributed by atoms with van der Waals surface area (Å²) in [6.07, 6.45) is 0.658. The summed E-state index contributed by atoms with van der Waals surface area (Å²) in [6, 6.07) is 7.59. The van der Waals surface area contributed by atoms with Gasteiger partial charge in [-0.2, -0.15) is 0 Å². The van der Waals surface area contributed by atoms with E-state index in [9.17, 15) is 9.90 Å². The van der Waals surface area contributed by atoms with Gasteiger partial charge in [-0.1, -0.05) is 32.0 Å². The van der Waals surface area contributed by atoms with Crippen LogP contribution in [-0.4, -0.2) is 29.8 Å². The Morgan fingerprint density at radius 2 is 2.20 bits per heavy atom. The number of hydrogen-bond acceptors (Lipinski definition) is 3. The van der Waals surface area contributed by atoms with E-state index < -0.39 is 5.60 Å². The van der Waals surface area contributed by atoms with Gasteiger partial charge in [0.1, 0.15) is 18.3 Å². The Kier molecular flexibility index (Phi) is 4.33. The summed E-state index contributed by atoms with van der Waals surface area (Å²) in [4.78, 5) is 12.2. The van der Waals surface area contributed by atoms with E-state index in [1.807, 2.05) is 24.3 Å². The van der Waals surface area contributed by atoms with Crippen LogP contribution in [0.1, 0.15) is 38.7 Å². The molecule has 1 amide bonds. The SMILES string of the molecule is CC(C)CC(C)(O)CNC(=O)C1COc2ccccc21. The van der Waals surface area contributed by atoms with E-state index in [4.69, 9.17) is 4.74 Å². The predicted molar refractivity (Wildman–Crippen MR) is 77.8 cm³/mol. The summed E-state index contributed by atoms with van der Waals surface area (Å²) in [7, 11) is 0. The first-order valence-corrected chi connectivity index (χ1v) is 7.11. The molecule has 20 heavy (non-hydrogen) atoms. The lowest BCUT2D eigenvalue weighted by Gasteiger charge is -2.26. The van der Waals surface area contributed by atoms with Gasteiger partial charge < -0.3 is 15.2 Å². The van der Waals surface area contributed by atoms with Crippen molar-refractivity contribution in [3.05, 3.63) is 29.8 Å². The fourth-order valence-electron chi connectivity index (χ4n) is 2.73. The number of amides is 1. The molecule has 1 aliphatic heterocycles. The number of rotatable bonds is 5. The second-order valence-electron chi connectivity index (χ2n) is 6.21. The molecule has 0 fully saturated rings. The molecule has 0 radical (unpaired) electrons. The zero-order chi connectivity index (χ0) is 14.8. The van der Waals surface area contributed by atoms with E-state index in [1.54, 1.807) is 6.92 Å². The number of carbonyl (C=O) groups excluding carboxylic acids is 1. The molecule has 1 aromatic carbocycles. The van der Waals surface area contributed by atoms with E-state index in [2.05, 4.69) is 19.2 Å². The summed E-state index contributed by atoms with van der Waals surface area (Å²) >= 11 is 0. The average molecular weight is 277 g/mol. The van der Waals surface area contributed by atoms with Crippen LogP contribution in [0.15, 0.2) is 24.3 Å². The molecular formula is C16H23NO3. The molecule has 1 heterocycles. The average Bonchev–Trinajstić information content (AvgIpc) is 2.78. The smallest absolute Gasteiger partial charge is 0.231 e. The van der Waals surface area contributed by atoms with E-state index in [0.29, 0.717) is 18.9 Å². The van der Waals surface area contributed by atoms with Gasteiger partial charge in [0, 0.05) is 12.1 Å². The van der Waals surface area contributed by atoms with Crippen LogP contribution in [0.2, 0.25) is 0 Å². The third kappa shape index (κ3) is 3.51. The molecule has 1 aromatic rings. The molecule has 2 atom stereocenters. The zero-order valence-electron chi connectivity index (χ0n) is 12.3. The number of hydrogen-bond donors (Lipinski definition) is 2. The Hall–Kier alpha value is -1.55. The van der Waals surface area contributed by atoms with Crippen LogP contribution in [-0.2, 0) is 4.79 Å². The molecule has 4 nitrogen and oxygen atoms in total. The van der Waals surface area contributed by atoms with Gasteiger partial charge in [-0.25, -0.2) is 0 Å². The number of benzene rings is 1. The number of fused-ring (bicyclic) bond motifs is 1. The molecular weight excluding hydrogens is 254 g/mol. The van der Waals surface area contributed by atoms with Gasteiger partial charge in [-0.05, 0) is 25.3 Å². The lowest BCUT2D eigenvalue weighted by atomic mass is 9.93. The number of para-hydroxylation sites is 1. The quantitative estimate of drug-likeness (QED) is 0.866. The van der Waals surface area contributed by atoms with Crippen LogP contribution in [0, 0.1) is 5.92 Å². The van der Waals surface area contributed by atoms with E-state index in [-0.39, 0.29) is 18.4 Å². The molecule has 0 aromatic heterocycles. The Labute approximate surface area is 120 Å². The Morgan fingerprint density at radius 3 is 2.90 bits per heavy atom. The van der Waals surface area contributed by atoms with Crippen molar-refractivity contribution in [1.29, 1.82) is 0 Å². The minimum Gasteiger partial charge on any atom is -0.492 e. The minimum absolute atomic E-state index is 0.0843. The molecule has 0 saturated carbocycles. The Bertz CT molecular complexity index is 482. The van der Waals surface area contributed by atoms with E-state index in [0.717, 1.165) is 11.3 Å². The third-order valence-corrected chi connectivity index (χ3v) is 3.51. The van der Waals surface area contributed by atoms with Gasteiger partial charge in [0.05, 0.1) is 5.60 Å². The normalized spacial score (nSPS) is 20.1. The summed E-state index contributed by atoms with van der Waals surface area (Å²) in [6.45, 7) is 6.50. The fraction of sp³-hybridized carbons (Fsp3) is 0.562. The van der Waals surface area contributed by atoms with Crippen LogP contribution >= 0.6 is 0 Å². The number of carbonyl (C=O) groups is 1. The monoisotopic (exact) mass is 277 g/mol. The van der Waals surface area contributed by atoms with Crippen molar-refractivity contribution in [1.82, 2.24) is 5.32 Å². The van der Waals surface area contributed by atoms with Crippen molar-refractivity contribution in [3.8, 4) is 5.75 Å². The molecule has 1 aliphatic rings. The number of ether oxygens (including phenoxy) is 1. The maximum atomic E-state index is 12.2. The molecule has 0 spiro atoms. The first-order valence-electron chi connectivity index (χ1n) is 7.11. The van der Waals surface area contributed by atoms with Crippen LogP contribution < -0.4 is 10.1 Å².